The molecule has 0 unspecified atom stereocenters. The van der Waals surface area contributed by atoms with Gasteiger partial charge >= 0.3 is 0 Å². The minimum Gasteiger partial charge on any atom is -0.403 e. The zero-order chi connectivity index (χ0) is 19.0. The fourth-order valence-electron chi connectivity index (χ4n) is 2.50. The summed E-state index contributed by atoms with van der Waals surface area (Å²) in [5.74, 6) is 0. The van der Waals surface area contributed by atoms with E-state index in [0.717, 1.165) is 38.5 Å². The lowest BCUT2D eigenvalue weighted by atomic mass is 9.94. The number of nitrogens with two attached hydrogens (primary N) is 1. The van der Waals surface area contributed by atoms with Gasteiger partial charge < -0.3 is 11.1 Å². The van der Waals surface area contributed by atoms with Crippen LogP contribution in [0.3, 0.4) is 0 Å². The molecule has 0 aliphatic heterocycles. The third kappa shape index (κ3) is 5.68. The Morgan fingerprint density at radius 2 is 1.76 bits per heavy atom. The minimum absolute atomic E-state index is 0.692. The molecule has 2 aromatic rings. The number of aryl methyl sites for hydroxylation is 2. The summed E-state index contributed by atoms with van der Waals surface area (Å²) in [4.78, 5) is 0. The summed E-state index contributed by atoms with van der Waals surface area (Å²) in [5, 5.41) is 3.97. The van der Waals surface area contributed by atoms with Crippen molar-refractivity contribution in [3.05, 3.63) is 87.7 Å². The molecule has 0 heterocycles. The van der Waals surface area contributed by atoms with Gasteiger partial charge in [-0.05, 0) is 49.1 Å². The predicted molar refractivity (Wildman–Crippen MR) is 112 cm³/mol. The van der Waals surface area contributed by atoms with Gasteiger partial charge in [-0.2, -0.15) is 0 Å². The maximum atomic E-state index is 6.53. The molecule has 0 aromatic heterocycles. The molecule has 2 rings (SSSR count). The van der Waals surface area contributed by atoms with Crippen LogP contribution in [-0.4, -0.2) is 0 Å². The van der Waals surface area contributed by atoms with Crippen LogP contribution < -0.4 is 11.1 Å². The Hall–Kier alpha value is -2.19. The van der Waals surface area contributed by atoms with Gasteiger partial charge in [-0.3, -0.25) is 0 Å². The summed E-state index contributed by atoms with van der Waals surface area (Å²) in [6.45, 7) is 15.0. The van der Waals surface area contributed by atoms with Crippen molar-refractivity contribution in [2.75, 3.05) is 0 Å². The Morgan fingerprint density at radius 1 is 1.16 bits per heavy atom. The molecular weight excluding hydrogens is 328 g/mol. The minimum atomic E-state index is 0.692. The fraction of sp³-hybridized carbons (Fsp3) is 0.273. The summed E-state index contributed by atoms with van der Waals surface area (Å²) >= 11 is 6.53. The molecule has 3 heteroatoms. The quantitative estimate of drug-likeness (QED) is 0.694. The van der Waals surface area contributed by atoms with Crippen LogP contribution in [0.25, 0.3) is 5.57 Å². The molecule has 134 valence electrons. The number of hydrogen-bond donors (Lipinski definition) is 2. The topological polar surface area (TPSA) is 38.0 Å². The Bertz CT molecular complexity index is 720. The smallest absolute Gasteiger partial charge is 0.0490 e. The highest BCUT2D eigenvalue weighted by Gasteiger charge is 2.11. The first kappa shape index (κ1) is 20.9. The summed E-state index contributed by atoms with van der Waals surface area (Å²) in [5.41, 5.74) is 12.9. The maximum absolute atomic E-state index is 6.53. The van der Waals surface area contributed by atoms with Gasteiger partial charge in [0.1, 0.15) is 0 Å². The van der Waals surface area contributed by atoms with Crippen LogP contribution >= 0.6 is 11.6 Å². The largest absolute Gasteiger partial charge is 0.403 e. The van der Waals surface area contributed by atoms with Gasteiger partial charge in [-0.15, -0.1) is 0 Å². The Morgan fingerprint density at radius 3 is 2.28 bits per heavy atom. The van der Waals surface area contributed by atoms with Gasteiger partial charge in [-0.1, -0.05) is 67.9 Å². The van der Waals surface area contributed by atoms with Gasteiger partial charge in [0.05, 0.1) is 0 Å². The molecule has 0 bridgehead atoms. The van der Waals surface area contributed by atoms with Crippen LogP contribution in [0.2, 0.25) is 5.02 Å². The fourth-order valence-corrected chi connectivity index (χ4v) is 2.90. The van der Waals surface area contributed by atoms with Crippen LogP contribution in [0.4, 0.5) is 0 Å². The predicted octanol–water partition coefficient (Wildman–Crippen LogP) is 5.95. The first-order valence-corrected chi connectivity index (χ1v) is 8.98. The van der Waals surface area contributed by atoms with E-state index in [9.17, 15) is 0 Å². The van der Waals surface area contributed by atoms with Crippen molar-refractivity contribution in [3.63, 3.8) is 0 Å². The van der Waals surface area contributed by atoms with Gasteiger partial charge in [-0.25, -0.2) is 0 Å². The molecule has 0 radical (unpaired) electrons. The molecule has 0 aliphatic carbocycles. The Kier molecular flexibility index (Phi) is 8.30. The second-order valence-corrected chi connectivity index (χ2v) is 6.22. The van der Waals surface area contributed by atoms with Crippen LogP contribution in [0, 0.1) is 13.8 Å². The molecule has 2 nitrogen and oxygen atoms in total. The second kappa shape index (κ2) is 9.95. The number of allylic oxidation sites excluding steroid dienone is 1. The maximum Gasteiger partial charge on any atom is 0.0490 e. The van der Waals surface area contributed by atoms with Crippen molar-refractivity contribution in [1.82, 2.24) is 5.32 Å². The average molecular weight is 357 g/mol. The van der Waals surface area contributed by atoms with Gasteiger partial charge in [0.15, 0.2) is 0 Å². The van der Waals surface area contributed by atoms with E-state index in [1.54, 1.807) is 6.20 Å². The van der Waals surface area contributed by atoms with Gasteiger partial charge in [0.2, 0.25) is 0 Å². The molecule has 2 aromatic carbocycles. The normalized spacial score (nSPS) is 10.7. The lowest BCUT2D eigenvalue weighted by molar-refractivity contribution is 0.807. The van der Waals surface area contributed by atoms with E-state index in [-0.39, 0.29) is 0 Å². The molecule has 0 atom stereocenters. The number of nitrogens with one attached hydrogen (secondary N) is 1. The number of halogens is 1. The Balaban J connectivity index is 0.00000151. The van der Waals surface area contributed by atoms with Crippen LogP contribution in [0.1, 0.15) is 48.6 Å². The van der Waals surface area contributed by atoms with Crippen molar-refractivity contribution >= 4 is 17.2 Å². The highest BCUT2D eigenvalue weighted by atomic mass is 35.5. The van der Waals surface area contributed by atoms with Gasteiger partial charge in [0, 0.05) is 29.0 Å². The summed E-state index contributed by atoms with van der Waals surface area (Å²) in [6, 6.07) is 12.5. The average Bonchev–Trinajstić information content (AvgIpc) is 2.61. The van der Waals surface area contributed by atoms with Crippen molar-refractivity contribution in [2.24, 2.45) is 5.73 Å². The highest BCUT2D eigenvalue weighted by molar-refractivity contribution is 6.32. The van der Waals surface area contributed by atoms with E-state index in [2.05, 4.69) is 56.1 Å². The van der Waals surface area contributed by atoms with Gasteiger partial charge in [0.25, 0.3) is 0 Å². The summed E-state index contributed by atoms with van der Waals surface area (Å²) < 4.78 is 0. The molecule has 0 fully saturated rings. The number of benzene rings is 2. The van der Waals surface area contributed by atoms with Crippen LogP contribution in [0.5, 0.6) is 0 Å². The molecule has 3 N–H and O–H groups in total. The van der Waals surface area contributed by atoms with E-state index in [0.29, 0.717) is 6.54 Å². The van der Waals surface area contributed by atoms with Crippen LogP contribution in [-0.2, 0) is 6.54 Å². The summed E-state index contributed by atoms with van der Waals surface area (Å²) in [7, 11) is 0. The molecular formula is C22H29ClN2. The van der Waals surface area contributed by atoms with E-state index in [1.807, 2.05) is 26.8 Å². The molecule has 0 aliphatic rings. The van der Waals surface area contributed by atoms with E-state index in [1.165, 1.54) is 5.56 Å². The van der Waals surface area contributed by atoms with E-state index < -0.39 is 0 Å². The molecule has 25 heavy (non-hydrogen) atoms. The zero-order valence-corrected chi connectivity index (χ0v) is 16.7. The zero-order valence-electron chi connectivity index (χ0n) is 15.9. The lowest BCUT2D eigenvalue weighted by Gasteiger charge is -2.15. The number of rotatable bonds is 5. The number of hydrogen-bond acceptors (Lipinski definition) is 2. The third-order valence-electron chi connectivity index (χ3n) is 3.87. The molecule has 0 saturated heterocycles. The SMILES string of the molecule is C=C(c1ccc(C)cc1)c1c(C)cc(CN/C(C)=C\N)cc1Cl.CC. The van der Waals surface area contributed by atoms with Crippen molar-refractivity contribution in [1.29, 1.82) is 0 Å². The monoisotopic (exact) mass is 356 g/mol. The van der Waals surface area contributed by atoms with Crippen molar-refractivity contribution in [2.45, 2.75) is 41.2 Å². The lowest BCUT2D eigenvalue weighted by Crippen LogP contribution is -2.12. The first-order chi connectivity index (χ1) is 11.9. The van der Waals surface area contributed by atoms with E-state index >= 15 is 0 Å². The standard InChI is InChI=1S/C20H23ClN2.C2H6/c1-13-5-7-18(8-6-13)16(4)20-14(2)9-17(10-19(20)21)12-23-15(3)11-22;1-2/h5-11,23H,4,12,22H2,1-3H3;1-2H3/b15-11-;. The van der Waals surface area contributed by atoms with E-state index in [4.69, 9.17) is 17.3 Å². The summed E-state index contributed by atoms with van der Waals surface area (Å²) in [6.07, 6.45) is 1.56. The molecule has 0 saturated carbocycles. The molecule has 0 amide bonds. The third-order valence-corrected chi connectivity index (χ3v) is 4.17. The second-order valence-electron chi connectivity index (χ2n) is 5.82. The Labute approximate surface area is 157 Å². The van der Waals surface area contributed by atoms with Crippen molar-refractivity contribution < 1.29 is 0 Å². The molecule has 0 spiro atoms. The first-order valence-electron chi connectivity index (χ1n) is 8.60. The highest BCUT2D eigenvalue weighted by Crippen LogP contribution is 2.32. The van der Waals surface area contributed by atoms with Crippen molar-refractivity contribution in [3.8, 4) is 0 Å². The van der Waals surface area contributed by atoms with Crippen LogP contribution in [0.15, 0.2) is 54.9 Å².